The van der Waals surface area contributed by atoms with Crippen molar-refractivity contribution in [1.29, 1.82) is 0 Å². The summed E-state index contributed by atoms with van der Waals surface area (Å²) in [4.78, 5) is 0. The smallest absolute Gasteiger partial charge is 0.0860 e. The second kappa shape index (κ2) is 3.67. The molecule has 0 saturated heterocycles. The van der Waals surface area contributed by atoms with Crippen LogP contribution in [-0.2, 0) is 6.54 Å². The number of hydrogen-bond donors (Lipinski definition) is 0. The molecule has 0 aliphatic rings. The minimum absolute atomic E-state index is 0.831. The summed E-state index contributed by atoms with van der Waals surface area (Å²) in [5.41, 5.74) is 2.72. The van der Waals surface area contributed by atoms with Gasteiger partial charge >= 0.3 is 0 Å². The maximum Gasteiger partial charge on any atom is 0.0860 e. The molecule has 12 heavy (non-hydrogen) atoms. The second-order valence-electron chi connectivity index (χ2n) is 2.49. The molecule has 1 aromatic heterocycles. The molecule has 0 aliphatic carbocycles. The van der Waals surface area contributed by atoms with Crippen molar-refractivity contribution in [1.82, 2.24) is 4.57 Å². The number of aromatic nitrogens is 1. The fourth-order valence-corrected chi connectivity index (χ4v) is 1.01. The molecule has 1 heteroatoms. The fraction of sp³-hybridized carbons (Fsp3) is 0.182. The summed E-state index contributed by atoms with van der Waals surface area (Å²) in [6, 6.07) is 5.76. The van der Waals surface area contributed by atoms with Crippen LogP contribution in [0, 0.1) is 12.1 Å². The highest BCUT2D eigenvalue weighted by Crippen LogP contribution is 1.82. The van der Waals surface area contributed by atoms with E-state index in [4.69, 9.17) is 0 Å². The summed E-state index contributed by atoms with van der Waals surface area (Å²) in [6.45, 7) is 11.9. The highest BCUT2D eigenvalue weighted by atomic mass is 14.9. The Kier molecular flexibility index (Phi) is 2.58. The lowest BCUT2D eigenvalue weighted by atomic mass is 10.4. The molecule has 0 aromatic carbocycles. The van der Waals surface area contributed by atoms with Crippen molar-refractivity contribution in [3.63, 3.8) is 0 Å². The summed E-state index contributed by atoms with van der Waals surface area (Å²) in [7, 11) is 0. The SMILES string of the molecule is C=C=CCCn1c(=C)c#cc1=C. The largest absolute Gasteiger partial charge is 0.328 e. The standard InChI is InChI=1S/C11H11N/c1-4-5-6-9-12-10(2)7-8-11(12)3/h5H,1-3,6,9H2. The van der Waals surface area contributed by atoms with Gasteiger partial charge in [0, 0.05) is 6.54 Å². The van der Waals surface area contributed by atoms with E-state index < -0.39 is 0 Å². The van der Waals surface area contributed by atoms with Gasteiger partial charge in [-0.15, -0.1) is 5.73 Å². The predicted octanol–water partition coefficient (Wildman–Crippen LogP) is 0.640. The zero-order valence-corrected chi connectivity index (χ0v) is 7.06. The van der Waals surface area contributed by atoms with E-state index in [9.17, 15) is 0 Å². The van der Waals surface area contributed by atoms with Crippen molar-refractivity contribution in [3.05, 3.63) is 41.2 Å². The third-order valence-corrected chi connectivity index (χ3v) is 1.64. The summed E-state index contributed by atoms with van der Waals surface area (Å²) in [5, 5.41) is 1.66. The van der Waals surface area contributed by atoms with Gasteiger partial charge in [-0.05, 0) is 24.6 Å². The quantitative estimate of drug-likeness (QED) is 0.567. The topological polar surface area (TPSA) is 4.93 Å². The molecule has 0 amide bonds. The molecule has 1 aromatic rings. The molecule has 0 spiro atoms. The molecule has 1 rings (SSSR count). The van der Waals surface area contributed by atoms with Gasteiger partial charge in [-0.3, -0.25) is 0 Å². The molecule has 0 atom stereocenters. The molecule has 60 valence electrons. The number of nitrogens with zero attached hydrogens (tertiary/aromatic N) is 1. The van der Waals surface area contributed by atoms with Crippen LogP contribution in [0.5, 0.6) is 0 Å². The highest BCUT2D eigenvalue weighted by Gasteiger charge is 1.89. The third kappa shape index (κ3) is 1.69. The number of hydrogen-bond acceptors (Lipinski definition) is 0. The molecule has 0 N–H and O–H groups in total. The first-order valence-electron chi connectivity index (χ1n) is 3.77. The maximum atomic E-state index is 3.81. The first-order valence-corrected chi connectivity index (χ1v) is 3.77. The first kappa shape index (κ1) is 8.46. The van der Waals surface area contributed by atoms with E-state index in [2.05, 4.69) is 37.6 Å². The normalized spacial score (nSPS) is 8.67. The van der Waals surface area contributed by atoms with Gasteiger partial charge in [-0.1, -0.05) is 19.7 Å². The lowest BCUT2D eigenvalue weighted by Crippen LogP contribution is -2.25. The van der Waals surface area contributed by atoms with Gasteiger partial charge in [0.25, 0.3) is 0 Å². The van der Waals surface area contributed by atoms with E-state index >= 15 is 0 Å². The van der Waals surface area contributed by atoms with E-state index in [0.29, 0.717) is 0 Å². The molecule has 0 fully saturated rings. The van der Waals surface area contributed by atoms with E-state index in [-0.39, 0.29) is 0 Å². The number of allylic oxidation sites excluding steroid dienone is 1. The molecule has 0 aliphatic heterocycles. The van der Waals surface area contributed by atoms with Crippen LogP contribution in [0.4, 0.5) is 0 Å². The van der Waals surface area contributed by atoms with Gasteiger partial charge in [0.1, 0.15) is 0 Å². The molecule has 0 bridgehead atoms. The van der Waals surface area contributed by atoms with Crippen LogP contribution in [0.25, 0.3) is 13.2 Å². The fourth-order valence-electron chi connectivity index (χ4n) is 1.01. The Balaban J connectivity index is 2.81. The van der Waals surface area contributed by atoms with E-state index in [1.807, 2.05) is 10.6 Å². The van der Waals surface area contributed by atoms with Crippen molar-refractivity contribution in [2.24, 2.45) is 0 Å². The van der Waals surface area contributed by atoms with Crippen LogP contribution in [-0.4, -0.2) is 4.57 Å². The molecular weight excluding hydrogens is 146 g/mol. The molecule has 1 heterocycles. The van der Waals surface area contributed by atoms with Gasteiger partial charge < -0.3 is 4.57 Å². The van der Waals surface area contributed by atoms with Crippen molar-refractivity contribution < 1.29 is 0 Å². The predicted molar refractivity (Wildman–Crippen MR) is 50.7 cm³/mol. The van der Waals surface area contributed by atoms with E-state index in [0.717, 1.165) is 23.7 Å². The minimum Gasteiger partial charge on any atom is -0.328 e. The summed E-state index contributed by atoms with van der Waals surface area (Å²) in [6.07, 6.45) is 2.78. The molecule has 0 radical (unpaired) electrons. The van der Waals surface area contributed by atoms with Gasteiger partial charge in [-0.2, -0.15) is 0 Å². The van der Waals surface area contributed by atoms with E-state index in [1.54, 1.807) is 0 Å². The number of rotatable bonds is 3. The van der Waals surface area contributed by atoms with Crippen LogP contribution in [0.2, 0.25) is 0 Å². The Labute approximate surface area is 72.6 Å². The summed E-state index contributed by atoms with van der Waals surface area (Å²) >= 11 is 0. The van der Waals surface area contributed by atoms with Gasteiger partial charge in [0.15, 0.2) is 0 Å². The maximum absolute atomic E-state index is 3.81. The summed E-state index contributed by atoms with van der Waals surface area (Å²) < 4.78 is 1.97. The molecule has 0 unspecified atom stereocenters. The first-order chi connectivity index (χ1) is 5.75. The molecule has 0 saturated carbocycles. The zero-order valence-electron chi connectivity index (χ0n) is 7.06. The molecular formula is C11H11N. The Morgan fingerprint density at radius 3 is 2.42 bits per heavy atom. The van der Waals surface area contributed by atoms with Crippen molar-refractivity contribution in [2.45, 2.75) is 13.0 Å². The monoisotopic (exact) mass is 157 g/mol. The Bertz CT molecular complexity index is 364. The van der Waals surface area contributed by atoms with Gasteiger partial charge in [0.05, 0.1) is 10.7 Å². The molecule has 1 nitrogen and oxygen atoms in total. The van der Waals surface area contributed by atoms with Crippen LogP contribution >= 0.6 is 0 Å². The van der Waals surface area contributed by atoms with Crippen LogP contribution in [0.15, 0.2) is 18.4 Å². The minimum atomic E-state index is 0.831. The lowest BCUT2D eigenvalue weighted by molar-refractivity contribution is 0.678. The average Bonchev–Trinajstić information content (AvgIpc) is 2.35. The Hall–Kier alpha value is -1.64. The Morgan fingerprint density at radius 2 is 1.92 bits per heavy atom. The third-order valence-electron chi connectivity index (χ3n) is 1.64. The Morgan fingerprint density at radius 1 is 1.33 bits per heavy atom. The van der Waals surface area contributed by atoms with Crippen molar-refractivity contribution in [3.8, 4) is 0 Å². The average molecular weight is 157 g/mol. The lowest BCUT2D eigenvalue weighted by Gasteiger charge is -1.98. The van der Waals surface area contributed by atoms with Gasteiger partial charge in [-0.25, -0.2) is 0 Å². The van der Waals surface area contributed by atoms with Crippen molar-refractivity contribution in [2.75, 3.05) is 0 Å². The van der Waals surface area contributed by atoms with Gasteiger partial charge in [0.2, 0.25) is 0 Å². The highest BCUT2D eigenvalue weighted by molar-refractivity contribution is 5.01. The second-order valence-corrected chi connectivity index (χ2v) is 2.49. The van der Waals surface area contributed by atoms with Crippen molar-refractivity contribution >= 4 is 13.2 Å². The zero-order chi connectivity index (χ0) is 8.97. The summed E-state index contributed by atoms with van der Waals surface area (Å²) in [5.74, 6) is 0. The van der Waals surface area contributed by atoms with Crippen LogP contribution < -0.4 is 10.7 Å². The van der Waals surface area contributed by atoms with E-state index in [1.165, 1.54) is 0 Å². The van der Waals surface area contributed by atoms with Crippen LogP contribution in [0.1, 0.15) is 6.42 Å². The van der Waals surface area contributed by atoms with Crippen LogP contribution in [0.3, 0.4) is 0 Å².